The van der Waals surface area contributed by atoms with Crippen molar-refractivity contribution >= 4 is 51.9 Å². The van der Waals surface area contributed by atoms with Gasteiger partial charge in [-0.15, -0.1) is 0 Å². The highest BCUT2D eigenvalue weighted by atomic mass is 32.2. The van der Waals surface area contributed by atoms with Gasteiger partial charge in [0.2, 0.25) is 0 Å². The monoisotopic (exact) mass is 418 g/mol. The van der Waals surface area contributed by atoms with Crippen LogP contribution in [-0.2, 0) is 9.59 Å². The number of amides is 1. The molecule has 2 aromatic carbocycles. The smallest absolute Gasteiger partial charge is 0.270 e. The van der Waals surface area contributed by atoms with Gasteiger partial charge in [-0.1, -0.05) is 42.2 Å². The quantitative estimate of drug-likeness (QED) is 0.526. The number of rotatable bonds is 6. The Morgan fingerprint density at radius 2 is 2.04 bits per heavy atom. The van der Waals surface area contributed by atoms with E-state index < -0.39 is 24.3 Å². The molecule has 0 bridgehead atoms. The second-order valence-corrected chi connectivity index (χ2v) is 7.22. The Balaban J connectivity index is 1.88. The van der Waals surface area contributed by atoms with Gasteiger partial charge in [0.1, 0.15) is 12.4 Å². The van der Waals surface area contributed by atoms with Crippen molar-refractivity contribution < 1.29 is 28.6 Å². The summed E-state index contributed by atoms with van der Waals surface area (Å²) >= 11 is 6.29. The lowest BCUT2D eigenvalue weighted by Crippen LogP contribution is -2.29. The molecule has 0 radical (unpaired) electrons. The predicted octanol–water partition coefficient (Wildman–Crippen LogP) is 2.37. The number of thioether (sulfide) groups is 1. The fraction of sp³-hybridized carbons (Fsp3) is 0.105. The van der Waals surface area contributed by atoms with Crippen molar-refractivity contribution in [3.63, 3.8) is 0 Å². The summed E-state index contributed by atoms with van der Waals surface area (Å²) in [5.74, 6) is -1.82. The molecule has 1 saturated heterocycles. The van der Waals surface area contributed by atoms with Crippen molar-refractivity contribution in [1.82, 2.24) is 0 Å². The second-order valence-electron chi connectivity index (χ2n) is 5.54. The molecule has 144 valence electrons. The second kappa shape index (κ2) is 8.41. The summed E-state index contributed by atoms with van der Waals surface area (Å²) in [4.78, 5) is 24.7. The summed E-state index contributed by atoms with van der Waals surface area (Å²) < 4.78 is 24.6. The van der Waals surface area contributed by atoms with Gasteiger partial charge in [0.25, 0.3) is 5.91 Å². The largest absolute Gasteiger partial charge is 0.546 e. The van der Waals surface area contributed by atoms with Crippen LogP contribution in [0.4, 0.5) is 10.1 Å². The van der Waals surface area contributed by atoms with E-state index in [0.29, 0.717) is 16.2 Å². The molecule has 0 spiro atoms. The molecule has 1 aliphatic heterocycles. The molecule has 0 saturated carbocycles. The molecule has 1 fully saturated rings. The molecule has 2 aromatic rings. The van der Waals surface area contributed by atoms with Crippen molar-refractivity contribution in [2.45, 2.75) is 0 Å². The molecule has 9 heteroatoms. The SMILES string of the molecule is COc1cc(/C=C2\SC(=S)N(c3ccccc3F)C2=O)ccc1OCC(=O)[O-]. The van der Waals surface area contributed by atoms with E-state index in [1.165, 1.54) is 31.4 Å². The Morgan fingerprint density at radius 3 is 2.71 bits per heavy atom. The highest BCUT2D eigenvalue weighted by molar-refractivity contribution is 8.27. The van der Waals surface area contributed by atoms with Crippen molar-refractivity contribution in [3.05, 3.63) is 58.8 Å². The summed E-state index contributed by atoms with van der Waals surface area (Å²) in [7, 11) is 1.41. The minimum Gasteiger partial charge on any atom is -0.546 e. The molecule has 0 unspecified atom stereocenters. The molecule has 0 aliphatic carbocycles. The van der Waals surface area contributed by atoms with Crippen LogP contribution in [0, 0.1) is 5.82 Å². The van der Waals surface area contributed by atoms with Crippen LogP contribution < -0.4 is 19.5 Å². The van der Waals surface area contributed by atoms with Crippen LogP contribution >= 0.6 is 24.0 Å². The number of carboxylic acid groups (broad SMARTS) is 1. The van der Waals surface area contributed by atoms with Gasteiger partial charge in [-0.3, -0.25) is 9.69 Å². The number of thiocarbonyl (C=S) groups is 1. The lowest BCUT2D eigenvalue weighted by molar-refractivity contribution is -0.307. The number of benzene rings is 2. The molecule has 0 atom stereocenters. The summed E-state index contributed by atoms with van der Waals surface area (Å²) in [6.07, 6.45) is 1.59. The predicted molar refractivity (Wildman–Crippen MR) is 106 cm³/mol. The third-order valence-corrected chi connectivity index (χ3v) is 5.02. The van der Waals surface area contributed by atoms with Gasteiger partial charge >= 0.3 is 0 Å². The van der Waals surface area contributed by atoms with E-state index in [0.717, 1.165) is 16.7 Å². The van der Waals surface area contributed by atoms with Crippen LogP contribution in [0.5, 0.6) is 11.5 Å². The van der Waals surface area contributed by atoms with E-state index in [2.05, 4.69) is 0 Å². The Morgan fingerprint density at radius 1 is 1.29 bits per heavy atom. The zero-order chi connectivity index (χ0) is 20.3. The first-order valence-corrected chi connectivity index (χ1v) is 9.16. The molecule has 0 N–H and O–H groups in total. The number of hydrogen-bond acceptors (Lipinski definition) is 7. The van der Waals surface area contributed by atoms with Crippen LogP contribution in [0.1, 0.15) is 5.56 Å². The molecule has 6 nitrogen and oxygen atoms in total. The van der Waals surface area contributed by atoms with E-state index >= 15 is 0 Å². The number of nitrogens with zero attached hydrogens (tertiary/aromatic N) is 1. The summed E-state index contributed by atoms with van der Waals surface area (Å²) in [6, 6.07) is 10.6. The summed E-state index contributed by atoms with van der Waals surface area (Å²) in [5, 5.41) is 10.5. The highest BCUT2D eigenvalue weighted by Crippen LogP contribution is 2.38. The maximum Gasteiger partial charge on any atom is 0.270 e. The average Bonchev–Trinajstić information content (AvgIpc) is 2.94. The van der Waals surface area contributed by atoms with Crippen LogP contribution in [0.2, 0.25) is 0 Å². The van der Waals surface area contributed by atoms with Crippen LogP contribution in [-0.4, -0.2) is 29.9 Å². The van der Waals surface area contributed by atoms with E-state index in [-0.39, 0.29) is 15.8 Å². The fourth-order valence-corrected chi connectivity index (χ4v) is 3.77. The van der Waals surface area contributed by atoms with E-state index in [9.17, 15) is 19.1 Å². The third kappa shape index (κ3) is 4.15. The first kappa shape index (κ1) is 19.8. The van der Waals surface area contributed by atoms with Gasteiger partial charge in [-0.25, -0.2) is 4.39 Å². The van der Waals surface area contributed by atoms with E-state index in [1.54, 1.807) is 24.3 Å². The van der Waals surface area contributed by atoms with Gasteiger partial charge in [-0.05, 0) is 35.9 Å². The van der Waals surface area contributed by atoms with Crippen molar-refractivity contribution in [3.8, 4) is 11.5 Å². The maximum absolute atomic E-state index is 14.1. The highest BCUT2D eigenvalue weighted by Gasteiger charge is 2.34. The van der Waals surface area contributed by atoms with Crippen molar-refractivity contribution in [2.24, 2.45) is 0 Å². The Bertz CT molecular complexity index is 992. The van der Waals surface area contributed by atoms with Gasteiger partial charge < -0.3 is 19.4 Å². The molecule has 0 aromatic heterocycles. The standard InChI is InChI=1S/C19H14FNO5S2/c1-25-15-8-11(6-7-14(15)26-10-17(22)23)9-16-18(24)21(19(27)28-16)13-5-3-2-4-12(13)20/h2-9H,10H2,1H3,(H,22,23)/p-1/b16-9-. The maximum atomic E-state index is 14.1. The Hall–Kier alpha value is -2.91. The molecular weight excluding hydrogens is 405 g/mol. The van der Waals surface area contributed by atoms with Crippen molar-refractivity contribution in [2.75, 3.05) is 18.6 Å². The average molecular weight is 418 g/mol. The van der Waals surface area contributed by atoms with Crippen LogP contribution in [0.3, 0.4) is 0 Å². The minimum atomic E-state index is -1.36. The zero-order valence-corrected chi connectivity index (χ0v) is 16.1. The van der Waals surface area contributed by atoms with Crippen LogP contribution in [0.15, 0.2) is 47.4 Å². The number of halogens is 1. The lowest BCUT2D eigenvalue weighted by Gasteiger charge is -2.15. The zero-order valence-electron chi connectivity index (χ0n) is 14.5. The van der Waals surface area contributed by atoms with Gasteiger partial charge in [0.05, 0.1) is 23.7 Å². The Kier molecular flexibility index (Phi) is 5.96. The van der Waals surface area contributed by atoms with E-state index in [4.69, 9.17) is 21.7 Å². The summed E-state index contributed by atoms with van der Waals surface area (Å²) in [5.41, 5.74) is 0.698. The number of carboxylic acids is 1. The number of hydrogen-bond donors (Lipinski definition) is 0. The molecular formula is C19H13FNO5S2-. The normalized spacial score (nSPS) is 15.2. The summed E-state index contributed by atoms with van der Waals surface area (Å²) in [6.45, 7) is -0.614. The number of anilines is 1. The number of carbonyl (C=O) groups excluding carboxylic acids is 2. The van der Waals surface area contributed by atoms with Gasteiger partial charge in [0.15, 0.2) is 15.8 Å². The molecule has 3 rings (SSSR count). The molecule has 28 heavy (non-hydrogen) atoms. The first-order valence-electron chi connectivity index (χ1n) is 7.94. The lowest BCUT2D eigenvalue weighted by atomic mass is 10.2. The molecule has 1 heterocycles. The number of carbonyl (C=O) groups is 2. The topological polar surface area (TPSA) is 78.9 Å². The van der Waals surface area contributed by atoms with Gasteiger partial charge in [0, 0.05) is 0 Å². The fourth-order valence-electron chi connectivity index (χ4n) is 2.49. The minimum absolute atomic E-state index is 0.0945. The number of ether oxygens (including phenoxy) is 2. The Labute approximate surface area is 169 Å². The number of para-hydroxylation sites is 1. The number of aliphatic carboxylic acids is 1. The van der Waals surface area contributed by atoms with Gasteiger partial charge in [-0.2, -0.15) is 0 Å². The van der Waals surface area contributed by atoms with Crippen LogP contribution in [0.25, 0.3) is 6.08 Å². The van der Waals surface area contributed by atoms with E-state index in [1.807, 2.05) is 0 Å². The first-order chi connectivity index (χ1) is 13.4. The number of methoxy groups -OCH3 is 1. The third-order valence-electron chi connectivity index (χ3n) is 3.72. The molecule has 1 amide bonds. The van der Waals surface area contributed by atoms with Crippen molar-refractivity contribution in [1.29, 1.82) is 0 Å². The molecule has 1 aliphatic rings.